The van der Waals surface area contributed by atoms with Crippen LogP contribution in [0.15, 0.2) is 48.8 Å². The van der Waals surface area contributed by atoms with E-state index in [1.165, 1.54) is 19.0 Å². The number of hydrogen-bond donors (Lipinski definition) is 1. The predicted octanol–water partition coefficient (Wildman–Crippen LogP) is 2.52. The molecule has 4 heterocycles. The van der Waals surface area contributed by atoms with Gasteiger partial charge in [0.25, 0.3) is 11.8 Å². The van der Waals surface area contributed by atoms with Crippen LogP contribution < -0.4 is 10.2 Å². The molecule has 3 atom stereocenters. The molecule has 5 rings (SSSR count). The number of Topliss-reactive ketones (excluding diaryl/α,β-unsaturated/α-hetero) is 1. The summed E-state index contributed by atoms with van der Waals surface area (Å²) >= 11 is 0. The molecular weight excluding hydrogens is 482 g/mol. The van der Waals surface area contributed by atoms with Crippen molar-refractivity contribution in [2.75, 3.05) is 37.6 Å². The second-order valence-corrected chi connectivity index (χ2v) is 10.6. The van der Waals surface area contributed by atoms with E-state index in [1.807, 2.05) is 31.2 Å². The molecule has 9 nitrogen and oxygen atoms in total. The highest BCUT2D eigenvalue weighted by Crippen LogP contribution is 2.32. The minimum atomic E-state index is -0.571. The third kappa shape index (κ3) is 5.42. The highest BCUT2D eigenvalue weighted by atomic mass is 16.2. The molecule has 200 valence electrons. The van der Waals surface area contributed by atoms with Crippen molar-refractivity contribution in [1.29, 1.82) is 0 Å². The highest BCUT2D eigenvalue weighted by molar-refractivity contribution is 6.02. The highest BCUT2D eigenvalue weighted by Gasteiger charge is 2.51. The van der Waals surface area contributed by atoms with Gasteiger partial charge in [0.2, 0.25) is 5.91 Å². The Kier molecular flexibility index (Phi) is 7.72. The molecule has 0 saturated carbocycles. The van der Waals surface area contributed by atoms with Gasteiger partial charge >= 0.3 is 0 Å². The van der Waals surface area contributed by atoms with Gasteiger partial charge in [-0.15, -0.1) is 0 Å². The average Bonchev–Trinajstić information content (AvgIpc) is 3.68. The van der Waals surface area contributed by atoms with E-state index >= 15 is 0 Å². The normalized spacial score (nSPS) is 21.5. The van der Waals surface area contributed by atoms with Gasteiger partial charge in [-0.3, -0.25) is 24.2 Å². The van der Waals surface area contributed by atoms with Gasteiger partial charge in [-0.05, 0) is 68.0 Å². The first-order chi connectivity index (χ1) is 18.4. The molecule has 2 aromatic rings. The fraction of sp³-hybridized carbons (Fsp3) is 0.483. The second kappa shape index (κ2) is 11.3. The Labute approximate surface area is 223 Å². The van der Waals surface area contributed by atoms with Gasteiger partial charge in [0.05, 0.1) is 18.2 Å². The van der Waals surface area contributed by atoms with Crippen molar-refractivity contribution in [3.63, 3.8) is 0 Å². The van der Waals surface area contributed by atoms with E-state index in [0.29, 0.717) is 43.5 Å². The fourth-order valence-electron chi connectivity index (χ4n) is 5.88. The number of rotatable bonds is 8. The zero-order valence-electron chi connectivity index (χ0n) is 21.8. The Morgan fingerprint density at radius 1 is 1.03 bits per heavy atom. The summed E-state index contributed by atoms with van der Waals surface area (Å²) in [7, 11) is 0. The maximum Gasteiger partial charge on any atom is 0.256 e. The lowest BCUT2D eigenvalue weighted by Crippen LogP contribution is -2.44. The summed E-state index contributed by atoms with van der Waals surface area (Å²) in [5.41, 5.74) is 2.23. The van der Waals surface area contributed by atoms with Crippen LogP contribution in [0.5, 0.6) is 0 Å². The Morgan fingerprint density at radius 2 is 1.79 bits per heavy atom. The van der Waals surface area contributed by atoms with E-state index in [9.17, 15) is 19.2 Å². The van der Waals surface area contributed by atoms with Gasteiger partial charge in [0, 0.05) is 56.2 Å². The lowest BCUT2D eigenvalue weighted by molar-refractivity contribution is -0.137. The number of ketones is 1. The van der Waals surface area contributed by atoms with Gasteiger partial charge in [-0.1, -0.05) is 6.92 Å². The molecule has 3 aliphatic rings. The molecule has 3 saturated heterocycles. The lowest BCUT2D eigenvalue weighted by atomic mass is 10.0. The summed E-state index contributed by atoms with van der Waals surface area (Å²) in [6, 6.07) is 10.3. The molecule has 9 heteroatoms. The summed E-state index contributed by atoms with van der Waals surface area (Å²) in [6.07, 6.45) is 7.07. The number of anilines is 1. The smallest absolute Gasteiger partial charge is 0.256 e. The summed E-state index contributed by atoms with van der Waals surface area (Å²) in [5.74, 6) is -0.451. The van der Waals surface area contributed by atoms with Crippen molar-refractivity contribution in [1.82, 2.24) is 20.1 Å². The summed E-state index contributed by atoms with van der Waals surface area (Å²) < 4.78 is 0. The number of carbonyl (C=O) groups excluding carboxylic acids is 4. The van der Waals surface area contributed by atoms with E-state index in [1.54, 1.807) is 28.1 Å². The fourth-order valence-corrected chi connectivity index (χ4v) is 5.88. The van der Waals surface area contributed by atoms with Crippen LogP contribution in [0.3, 0.4) is 0 Å². The first-order valence-corrected chi connectivity index (χ1v) is 13.6. The first kappa shape index (κ1) is 25.9. The van der Waals surface area contributed by atoms with Gasteiger partial charge in [-0.25, -0.2) is 0 Å². The maximum atomic E-state index is 13.1. The number of carbonyl (C=O) groups is 4. The van der Waals surface area contributed by atoms with E-state index in [2.05, 4.69) is 15.2 Å². The molecule has 3 aliphatic heterocycles. The number of hydrogen-bond acceptors (Lipinski definition) is 6. The van der Waals surface area contributed by atoms with Crippen LogP contribution in [0, 0.1) is 5.92 Å². The second-order valence-electron chi connectivity index (χ2n) is 10.6. The Balaban J connectivity index is 1.08. The minimum Gasteiger partial charge on any atom is -0.372 e. The van der Waals surface area contributed by atoms with Crippen LogP contribution in [0.2, 0.25) is 0 Å². The number of pyridine rings is 1. The van der Waals surface area contributed by atoms with Gasteiger partial charge < -0.3 is 20.0 Å². The zero-order chi connectivity index (χ0) is 26.6. The molecule has 1 N–H and O–H groups in total. The van der Waals surface area contributed by atoms with E-state index in [-0.39, 0.29) is 42.0 Å². The molecular formula is C29H35N5O4. The molecule has 3 unspecified atom stereocenters. The number of amides is 3. The predicted molar refractivity (Wildman–Crippen MR) is 143 cm³/mol. The maximum absolute atomic E-state index is 13.1. The number of fused-ring (bicyclic) bond motifs is 1. The van der Waals surface area contributed by atoms with E-state index < -0.39 is 6.04 Å². The van der Waals surface area contributed by atoms with Gasteiger partial charge in [0.15, 0.2) is 5.78 Å². The topological polar surface area (TPSA) is 103 Å². The molecule has 3 fully saturated rings. The van der Waals surface area contributed by atoms with E-state index in [0.717, 1.165) is 18.8 Å². The largest absolute Gasteiger partial charge is 0.372 e. The molecule has 0 radical (unpaired) electrons. The van der Waals surface area contributed by atoms with Gasteiger partial charge in [-0.2, -0.15) is 0 Å². The molecule has 1 aromatic carbocycles. The van der Waals surface area contributed by atoms with Crippen LogP contribution in [0.1, 0.15) is 59.7 Å². The molecule has 1 aromatic heterocycles. The minimum absolute atomic E-state index is 0.0213. The lowest BCUT2D eigenvalue weighted by Gasteiger charge is -2.25. The Morgan fingerprint density at radius 3 is 2.50 bits per heavy atom. The third-order valence-electron chi connectivity index (χ3n) is 7.96. The average molecular weight is 518 g/mol. The van der Waals surface area contributed by atoms with Crippen LogP contribution >= 0.6 is 0 Å². The number of likely N-dealkylation sites (tertiary alicyclic amines) is 2. The van der Waals surface area contributed by atoms with Crippen molar-refractivity contribution < 1.29 is 19.2 Å². The number of nitrogens with zero attached hydrogens (tertiary/aromatic N) is 4. The van der Waals surface area contributed by atoms with Crippen molar-refractivity contribution in [3.05, 3.63) is 59.9 Å². The summed E-state index contributed by atoms with van der Waals surface area (Å²) in [4.78, 5) is 61.0. The molecule has 0 aliphatic carbocycles. The molecule has 0 bridgehead atoms. The zero-order valence-corrected chi connectivity index (χ0v) is 21.8. The van der Waals surface area contributed by atoms with Gasteiger partial charge in [0.1, 0.15) is 6.04 Å². The Bertz CT molecular complexity index is 1180. The standard InChI is InChI=1S/C29H35N5O4/c1-20(10-13-31-28(37)21-6-8-23(9-7-21)32-14-2-3-15-32)17-26(36)33-16-11-24-27(33)25(35)19-34(24)29(38)22-5-4-12-30-18-22/h4-9,12,18,20,24,27H,2-3,10-11,13-17,19H2,1H3,(H,31,37). The van der Waals surface area contributed by atoms with Crippen LogP contribution in [-0.2, 0) is 9.59 Å². The SMILES string of the molecule is CC(CCNC(=O)c1ccc(N2CCCC2)cc1)CC(=O)N1CCC2C1C(=O)CN2C(=O)c1cccnc1. The van der Waals surface area contributed by atoms with Crippen LogP contribution in [0.25, 0.3) is 0 Å². The monoisotopic (exact) mass is 517 g/mol. The molecule has 0 spiro atoms. The van der Waals surface area contributed by atoms with Crippen molar-refractivity contribution in [2.24, 2.45) is 5.92 Å². The first-order valence-electron chi connectivity index (χ1n) is 13.6. The van der Waals surface area contributed by atoms with Crippen LogP contribution in [-0.4, -0.2) is 83.1 Å². The summed E-state index contributed by atoms with van der Waals surface area (Å²) in [5, 5.41) is 2.96. The number of benzene rings is 1. The quantitative estimate of drug-likeness (QED) is 0.577. The van der Waals surface area contributed by atoms with Crippen molar-refractivity contribution >= 4 is 29.2 Å². The molecule has 3 amide bonds. The van der Waals surface area contributed by atoms with E-state index in [4.69, 9.17) is 0 Å². The number of nitrogens with one attached hydrogen (secondary N) is 1. The number of aromatic nitrogens is 1. The van der Waals surface area contributed by atoms with Crippen molar-refractivity contribution in [3.8, 4) is 0 Å². The van der Waals surface area contributed by atoms with Crippen molar-refractivity contribution in [2.45, 2.75) is 51.1 Å². The summed E-state index contributed by atoms with van der Waals surface area (Å²) in [6.45, 7) is 5.07. The van der Waals surface area contributed by atoms with Crippen LogP contribution in [0.4, 0.5) is 5.69 Å². The molecule has 38 heavy (non-hydrogen) atoms. The third-order valence-corrected chi connectivity index (χ3v) is 7.96. The Hall–Kier alpha value is -3.75.